The lowest BCUT2D eigenvalue weighted by Crippen LogP contribution is -2.29. The molecular formula is C11H8N2O3. The Bertz CT molecular complexity index is 476. The minimum Gasteiger partial charge on any atom is -0.329 e. The average Bonchev–Trinajstić information content (AvgIpc) is 2.59. The number of carbonyl (C=O) groups excluding carboxylic acids is 3. The third kappa shape index (κ3) is 1.70. The number of hydrogen-bond donors (Lipinski definition) is 1. The van der Waals surface area contributed by atoms with Crippen LogP contribution in [0.15, 0.2) is 36.4 Å². The number of carbonyl (C=O) groups is 3. The molecule has 1 aromatic rings. The SMILES string of the molecule is O=CNc1cccc(N2C(=O)C=CC2=O)c1. The summed E-state index contributed by atoms with van der Waals surface area (Å²) >= 11 is 0. The molecule has 1 heterocycles. The van der Waals surface area contributed by atoms with Crippen molar-refractivity contribution in [1.29, 1.82) is 0 Å². The number of amides is 3. The molecule has 1 N–H and O–H groups in total. The Morgan fingerprint density at radius 2 is 1.81 bits per heavy atom. The van der Waals surface area contributed by atoms with Crippen LogP contribution in [0.2, 0.25) is 0 Å². The Hall–Kier alpha value is -2.43. The van der Waals surface area contributed by atoms with Crippen LogP contribution in [-0.2, 0) is 14.4 Å². The number of benzene rings is 1. The van der Waals surface area contributed by atoms with Crippen LogP contribution in [0.4, 0.5) is 11.4 Å². The van der Waals surface area contributed by atoms with Crippen molar-refractivity contribution in [3.05, 3.63) is 36.4 Å². The third-order valence-electron chi connectivity index (χ3n) is 2.14. The highest BCUT2D eigenvalue weighted by atomic mass is 16.2. The first-order valence-corrected chi connectivity index (χ1v) is 4.59. The van der Waals surface area contributed by atoms with E-state index < -0.39 is 0 Å². The zero-order chi connectivity index (χ0) is 11.5. The molecule has 0 saturated carbocycles. The van der Waals surface area contributed by atoms with Crippen LogP contribution in [0, 0.1) is 0 Å². The summed E-state index contributed by atoms with van der Waals surface area (Å²) in [5.41, 5.74) is 0.965. The summed E-state index contributed by atoms with van der Waals surface area (Å²) < 4.78 is 0. The molecule has 2 rings (SSSR count). The van der Waals surface area contributed by atoms with E-state index in [9.17, 15) is 14.4 Å². The minimum atomic E-state index is -0.381. The first-order chi connectivity index (χ1) is 7.72. The summed E-state index contributed by atoms with van der Waals surface area (Å²) in [7, 11) is 0. The van der Waals surface area contributed by atoms with Crippen LogP contribution >= 0.6 is 0 Å². The van der Waals surface area contributed by atoms with Gasteiger partial charge in [0.15, 0.2) is 0 Å². The second-order valence-electron chi connectivity index (χ2n) is 3.16. The highest BCUT2D eigenvalue weighted by Gasteiger charge is 2.24. The summed E-state index contributed by atoms with van der Waals surface area (Å²) in [4.78, 5) is 34.1. The number of hydrogen-bond acceptors (Lipinski definition) is 3. The fourth-order valence-corrected chi connectivity index (χ4v) is 1.46. The van der Waals surface area contributed by atoms with Crippen molar-refractivity contribution in [2.45, 2.75) is 0 Å². The maximum atomic E-state index is 11.4. The predicted octanol–water partition coefficient (Wildman–Crippen LogP) is 0.684. The standard InChI is InChI=1S/C11H8N2O3/c14-7-12-8-2-1-3-9(6-8)13-10(15)4-5-11(13)16/h1-7H,(H,12,14). The molecule has 0 aliphatic carbocycles. The van der Waals surface area contributed by atoms with E-state index in [2.05, 4.69) is 5.32 Å². The molecule has 0 aromatic heterocycles. The third-order valence-corrected chi connectivity index (χ3v) is 2.14. The molecule has 0 saturated heterocycles. The quantitative estimate of drug-likeness (QED) is 0.597. The molecule has 0 bridgehead atoms. The van der Waals surface area contributed by atoms with Crippen molar-refractivity contribution >= 4 is 29.6 Å². The smallest absolute Gasteiger partial charge is 0.258 e. The van der Waals surface area contributed by atoms with Gasteiger partial charge in [0.05, 0.1) is 5.69 Å². The van der Waals surface area contributed by atoms with Crippen molar-refractivity contribution in [3.8, 4) is 0 Å². The molecule has 3 amide bonds. The first-order valence-electron chi connectivity index (χ1n) is 4.59. The molecule has 5 nitrogen and oxygen atoms in total. The molecule has 1 aliphatic rings. The fourth-order valence-electron chi connectivity index (χ4n) is 1.46. The minimum absolute atomic E-state index is 0.381. The van der Waals surface area contributed by atoms with Crippen molar-refractivity contribution in [2.75, 3.05) is 10.2 Å². The monoisotopic (exact) mass is 216 g/mol. The number of anilines is 2. The van der Waals surface area contributed by atoms with Crippen LogP contribution in [0.25, 0.3) is 0 Å². The molecule has 0 radical (unpaired) electrons. The van der Waals surface area contributed by atoms with Crippen molar-refractivity contribution < 1.29 is 14.4 Å². The van der Waals surface area contributed by atoms with Crippen LogP contribution in [0.1, 0.15) is 0 Å². The summed E-state index contributed by atoms with van der Waals surface area (Å²) in [5.74, 6) is -0.762. The largest absolute Gasteiger partial charge is 0.329 e. The Labute approximate surface area is 91.4 Å². The molecule has 16 heavy (non-hydrogen) atoms. The summed E-state index contributed by atoms with van der Waals surface area (Å²) in [6.45, 7) is 0. The number of rotatable bonds is 3. The van der Waals surface area contributed by atoms with Gasteiger partial charge in [-0.25, -0.2) is 4.90 Å². The number of imide groups is 1. The fraction of sp³-hybridized carbons (Fsp3) is 0. The topological polar surface area (TPSA) is 66.5 Å². The maximum absolute atomic E-state index is 11.4. The molecule has 0 fully saturated rings. The normalized spacial score (nSPS) is 14.4. The molecule has 0 spiro atoms. The van der Waals surface area contributed by atoms with E-state index in [1.165, 1.54) is 12.2 Å². The molecular weight excluding hydrogens is 208 g/mol. The van der Waals surface area contributed by atoms with E-state index in [0.29, 0.717) is 17.8 Å². The first kappa shape index (κ1) is 10.1. The zero-order valence-electron chi connectivity index (χ0n) is 8.21. The number of nitrogens with zero attached hydrogens (tertiary/aromatic N) is 1. The van der Waals surface area contributed by atoms with E-state index in [-0.39, 0.29) is 11.8 Å². The summed E-state index contributed by atoms with van der Waals surface area (Å²) in [5, 5.41) is 2.45. The lowest BCUT2D eigenvalue weighted by atomic mass is 10.2. The van der Waals surface area contributed by atoms with Gasteiger partial charge in [0, 0.05) is 17.8 Å². The summed E-state index contributed by atoms with van der Waals surface area (Å²) in [6, 6.07) is 6.49. The van der Waals surface area contributed by atoms with Crippen LogP contribution in [-0.4, -0.2) is 18.2 Å². The van der Waals surface area contributed by atoms with E-state index in [1.807, 2.05) is 0 Å². The number of nitrogens with one attached hydrogen (secondary N) is 1. The van der Waals surface area contributed by atoms with E-state index in [1.54, 1.807) is 24.3 Å². The van der Waals surface area contributed by atoms with Gasteiger partial charge in [-0.3, -0.25) is 14.4 Å². The Morgan fingerprint density at radius 3 is 2.44 bits per heavy atom. The molecule has 5 heteroatoms. The van der Waals surface area contributed by atoms with Gasteiger partial charge >= 0.3 is 0 Å². The Morgan fingerprint density at radius 1 is 1.12 bits per heavy atom. The highest BCUT2D eigenvalue weighted by Crippen LogP contribution is 2.22. The Balaban J connectivity index is 2.33. The molecule has 0 atom stereocenters. The van der Waals surface area contributed by atoms with Gasteiger partial charge in [-0.05, 0) is 18.2 Å². The van der Waals surface area contributed by atoms with Gasteiger partial charge in [0.2, 0.25) is 6.41 Å². The van der Waals surface area contributed by atoms with Gasteiger partial charge in [-0.15, -0.1) is 0 Å². The van der Waals surface area contributed by atoms with Gasteiger partial charge in [0.25, 0.3) is 11.8 Å². The van der Waals surface area contributed by atoms with Crippen molar-refractivity contribution in [2.24, 2.45) is 0 Å². The summed E-state index contributed by atoms with van der Waals surface area (Å²) in [6.07, 6.45) is 2.95. The lowest BCUT2D eigenvalue weighted by Gasteiger charge is -2.14. The van der Waals surface area contributed by atoms with Crippen molar-refractivity contribution in [1.82, 2.24) is 0 Å². The molecule has 1 aliphatic heterocycles. The van der Waals surface area contributed by atoms with Crippen LogP contribution in [0.3, 0.4) is 0 Å². The lowest BCUT2D eigenvalue weighted by molar-refractivity contribution is -0.120. The molecule has 0 unspecified atom stereocenters. The highest BCUT2D eigenvalue weighted by molar-refractivity contribution is 6.28. The predicted molar refractivity (Wildman–Crippen MR) is 57.8 cm³/mol. The second kappa shape index (κ2) is 3.98. The Kier molecular flexibility index (Phi) is 2.51. The van der Waals surface area contributed by atoms with Crippen molar-refractivity contribution in [3.63, 3.8) is 0 Å². The zero-order valence-corrected chi connectivity index (χ0v) is 8.21. The second-order valence-corrected chi connectivity index (χ2v) is 3.16. The van der Waals surface area contributed by atoms with E-state index in [0.717, 1.165) is 4.90 Å². The molecule has 1 aromatic carbocycles. The average molecular weight is 216 g/mol. The van der Waals surface area contributed by atoms with Gasteiger partial charge in [0.1, 0.15) is 0 Å². The molecule has 80 valence electrons. The van der Waals surface area contributed by atoms with E-state index in [4.69, 9.17) is 0 Å². The van der Waals surface area contributed by atoms with Crippen LogP contribution in [0.5, 0.6) is 0 Å². The van der Waals surface area contributed by atoms with E-state index >= 15 is 0 Å². The van der Waals surface area contributed by atoms with Crippen LogP contribution < -0.4 is 10.2 Å². The maximum Gasteiger partial charge on any atom is 0.258 e. The van der Waals surface area contributed by atoms with Gasteiger partial charge in [-0.2, -0.15) is 0 Å². The van der Waals surface area contributed by atoms with Gasteiger partial charge in [-0.1, -0.05) is 6.07 Å². The van der Waals surface area contributed by atoms with Gasteiger partial charge < -0.3 is 5.32 Å².